The third-order valence-corrected chi connectivity index (χ3v) is 5.05. The third-order valence-electron chi connectivity index (χ3n) is 2.87. The van der Waals surface area contributed by atoms with E-state index in [0.717, 1.165) is 12.8 Å². The van der Waals surface area contributed by atoms with Gasteiger partial charge in [0, 0.05) is 6.04 Å². The van der Waals surface area contributed by atoms with Crippen molar-refractivity contribution < 1.29 is 13.2 Å². The van der Waals surface area contributed by atoms with Gasteiger partial charge in [0.1, 0.15) is 5.25 Å². The minimum atomic E-state index is -3.19. The van der Waals surface area contributed by atoms with Crippen molar-refractivity contribution in [3.63, 3.8) is 0 Å². The molecule has 0 radical (unpaired) electrons. The summed E-state index contributed by atoms with van der Waals surface area (Å²) in [6.45, 7) is 3.84. The standard InChI is InChI=1S/C10H19NO3S/c1-3-8(2)11-10(12)9-6-4-5-7-15(9,13)14/h8-9H,3-7H2,1-2H3,(H,11,12). The molecule has 0 saturated carbocycles. The number of sulfone groups is 1. The normalized spacial score (nSPS) is 26.9. The fourth-order valence-electron chi connectivity index (χ4n) is 1.69. The molecule has 1 fully saturated rings. The van der Waals surface area contributed by atoms with Crippen LogP contribution >= 0.6 is 0 Å². The summed E-state index contributed by atoms with van der Waals surface area (Å²) in [7, 11) is -3.19. The number of rotatable bonds is 3. The van der Waals surface area contributed by atoms with Crippen molar-refractivity contribution in [3.8, 4) is 0 Å². The third kappa shape index (κ3) is 3.19. The quantitative estimate of drug-likeness (QED) is 0.786. The van der Waals surface area contributed by atoms with E-state index < -0.39 is 15.1 Å². The van der Waals surface area contributed by atoms with Crippen LogP contribution in [0.25, 0.3) is 0 Å². The van der Waals surface area contributed by atoms with Crippen molar-refractivity contribution in [2.75, 3.05) is 5.75 Å². The summed E-state index contributed by atoms with van der Waals surface area (Å²) in [5.74, 6) is -0.157. The highest BCUT2D eigenvalue weighted by Gasteiger charge is 2.34. The van der Waals surface area contributed by atoms with Gasteiger partial charge in [-0.2, -0.15) is 0 Å². The van der Waals surface area contributed by atoms with Gasteiger partial charge in [0.05, 0.1) is 5.75 Å². The van der Waals surface area contributed by atoms with Gasteiger partial charge in [-0.3, -0.25) is 4.79 Å². The molecule has 1 rings (SSSR count). The molecule has 0 aromatic heterocycles. The molecule has 15 heavy (non-hydrogen) atoms. The minimum Gasteiger partial charge on any atom is -0.353 e. The first-order valence-electron chi connectivity index (χ1n) is 5.49. The molecule has 0 aromatic carbocycles. The molecule has 0 aromatic rings. The molecule has 0 bridgehead atoms. The highest BCUT2D eigenvalue weighted by molar-refractivity contribution is 7.92. The number of nitrogens with one attached hydrogen (secondary N) is 1. The Balaban J connectivity index is 2.65. The summed E-state index contributed by atoms with van der Waals surface area (Å²) >= 11 is 0. The molecular formula is C10H19NO3S. The van der Waals surface area contributed by atoms with E-state index in [1.54, 1.807) is 0 Å². The zero-order chi connectivity index (χ0) is 11.5. The van der Waals surface area contributed by atoms with E-state index in [0.29, 0.717) is 12.8 Å². The van der Waals surface area contributed by atoms with E-state index in [4.69, 9.17) is 0 Å². The van der Waals surface area contributed by atoms with Crippen LogP contribution in [0.15, 0.2) is 0 Å². The Morgan fingerprint density at radius 3 is 2.67 bits per heavy atom. The average molecular weight is 233 g/mol. The van der Waals surface area contributed by atoms with Gasteiger partial charge < -0.3 is 5.32 Å². The Morgan fingerprint density at radius 2 is 2.13 bits per heavy atom. The van der Waals surface area contributed by atoms with E-state index in [1.165, 1.54) is 0 Å². The van der Waals surface area contributed by atoms with Crippen molar-refractivity contribution in [2.24, 2.45) is 0 Å². The first kappa shape index (κ1) is 12.5. The van der Waals surface area contributed by atoms with E-state index >= 15 is 0 Å². The van der Waals surface area contributed by atoms with Crippen molar-refractivity contribution in [1.29, 1.82) is 0 Å². The van der Waals surface area contributed by atoms with Crippen LogP contribution < -0.4 is 5.32 Å². The monoisotopic (exact) mass is 233 g/mol. The largest absolute Gasteiger partial charge is 0.353 e. The molecule has 2 unspecified atom stereocenters. The Hall–Kier alpha value is -0.580. The summed E-state index contributed by atoms with van der Waals surface area (Å²) < 4.78 is 23.3. The molecule has 0 spiro atoms. The first-order valence-corrected chi connectivity index (χ1v) is 7.21. The highest BCUT2D eigenvalue weighted by atomic mass is 32.2. The van der Waals surface area contributed by atoms with Gasteiger partial charge in [-0.1, -0.05) is 13.3 Å². The zero-order valence-electron chi connectivity index (χ0n) is 9.32. The number of carbonyl (C=O) groups is 1. The zero-order valence-corrected chi connectivity index (χ0v) is 10.1. The van der Waals surface area contributed by atoms with Crippen LogP contribution in [0.1, 0.15) is 39.5 Å². The lowest BCUT2D eigenvalue weighted by atomic mass is 10.1. The molecule has 88 valence electrons. The van der Waals surface area contributed by atoms with Crippen LogP contribution in [0.3, 0.4) is 0 Å². The van der Waals surface area contributed by atoms with Gasteiger partial charge in [-0.05, 0) is 26.2 Å². The molecule has 4 nitrogen and oxygen atoms in total. The smallest absolute Gasteiger partial charge is 0.238 e. The van der Waals surface area contributed by atoms with Crippen LogP contribution in [0.5, 0.6) is 0 Å². The summed E-state index contributed by atoms with van der Waals surface area (Å²) in [5, 5.41) is 1.93. The predicted molar refractivity (Wildman–Crippen MR) is 59.3 cm³/mol. The number of amides is 1. The van der Waals surface area contributed by atoms with Gasteiger partial charge in [0.2, 0.25) is 5.91 Å². The second kappa shape index (κ2) is 4.96. The first-order chi connectivity index (χ1) is 6.97. The molecule has 1 aliphatic rings. The molecular weight excluding hydrogens is 214 g/mol. The van der Waals surface area contributed by atoms with Crippen molar-refractivity contribution in [1.82, 2.24) is 5.32 Å². The molecule has 1 heterocycles. The lowest BCUT2D eigenvalue weighted by Gasteiger charge is -2.23. The van der Waals surface area contributed by atoms with Gasteiger partial charge in [0.25, 0.3) is 0 Å². The van der Waals surface area contributed by atoms with Gasteiger partial charge in [0.15, 0.2) is 9.84 Å². The van der Waals surface area contributed by atoms with Crippen molar-refractivity contribution in [3.05, 3.63) is 0 Å². The maximum atomic E-state index is 11.7. The van der Waals surface area contributed by atoms with Gasteiger partial charge in [-0.15, -0.1) is 0 Å². The second-order valence-electron chi connectivity index (χ2n) is 4.17. The highest BCUT2D eigenvalue weighted by Crippen LogP contribution is 2.19. The van der Waals surface area contributed by atoms with Crippen molar-refractivity contribution >= 4 is 15.7 Å². The van der Waals surface area contributed by atoms with E-state index in [1.807, 2.05) is 13.8 Å². The lowest BCUT2D eigenvalue weighted by Crippen LogP contribution is -2.45. The molecule has 0 aliphatic carbocycles. The van der Waals surface area contributed by atoms with E-state index in [9.17, 15) is 13.2 Å². The van der Waals surface area contributed by atoms with E-state index in [2.05, 4.69) is 5.32 Å². The van der Waals surface area contributed by atoms with Gasteiger partial charge in [-0.25, -0.2) is 8.42 Å². The summed E-state index contributed by atoms with van der Waals surface area (Å²) in [4.78, 5) is 11.7. The molecule has 2 atom stereocenters. The Bertz CT molecular complexity index is 324. The fourth-order valence-corrected chi connectivity index (χ4v) is 3.50. The predicted octanol–water partition coefficient (Wildman–Crippen LogP) is 0.868. The summed E-state index contributed by atoms with van der Waals surface area (Å²) in [5.41, 5.74) is 0. The topological polar surface area (TPSA) is 63.2 Å². The number of hydrogen-bond acceptors (Lipinski definition) is 3. The van der Waals surface area contributed by atoms with Crippen LogP contribution in [0.2, 0.25) is 0 Å². The van der Waals surface area contributed by atoms with Crippen LogP contribution in [-0.4, -0.2) is 31.4 Å². The fraction of sp³-hybridized carbons (Fsp3) is 0.900. The number of hydrogen-bond donors (Lipinski definition) is 1. The summed E-state index contributed by atoms with van der Waals surface area (Å²) in [6, 6.07) is 0.0506. The van der Waals surface area contributed by atoms with E-state index in [-0.39, 0.29) is 17.7 Å². The van der Waals surface area contributed by atoms with Crippen molar-refractivity contribution in [2.45, 2.75) is 50.8 Å². The molecule has 1 saturated heterocycles. The maximum absolute atomic E-state index is 11.7. The lowest BCUT2D eigenvalue weighted by molar-refractivity contribution is -0.121. The van der Waals surface area contributed by atoms with Crippen LogP contribution in [0, 0.1) is 0 Å². The Kier molecular flexibility index (Phi) is 4.13. The Labute approximate surface area is 91.4 Å². The average Bonchev–Trinajstić information content (AvgIpc) is 2.16. The Morgan fingerprint density at radius 1 is 1.47 bits per heavy atom. The molecule has 5 heteroatoms. The SMILES string of the molecule is CCC(C)NC(=O)C1CCCCS1(=O)=O. The molecule has 1 amide bonds. The minimum absolute atomic E-state index is 0.0506. The molecule has 1 aliphatic heterocycles. The second-order valence-corrected chi connectivity index (χ2v) is 6.47. The van der Waals surface area contributed by atoms with Crippen LogP contribution in [-0.2, 0) is 14.6 Å². The maximum Gasteiger partial charge on any atom is 0.238 e. The van der Waals surface area contributed by atoms with Crippen LogP contribution in [0.4, 0.5) is 0 Å². The molecule has 1 N–H and O–H groups in total. The number of carbonyl (C=O) groups excluding carboxylic acids is 1. The van der Waals surface area contributed by atoms with Gasteiger partial charge >= 0.3 is 0 Å². The summed E-state index contributed by atoms with van der Waals surface area (Å²) in [6.07, 6.45) is 2.82.